The van der Waals surface area contributed by atoms with Crippen LogP contribution in [0.2, 0.25) is 0 Å². The van der Waals surface area contributed by atoms with Gasteiger partial charge in [-0.2, -0.15) is 0 Å². The van der Waals surface area contributed by atoms with E-state index < -0.39 is 5.97 Å². The lowest BCUT2D eigenvalue weighted by Gasteiger charge is -2.29. The van der Waals surface area contributed by atoms with E-state index in [9.17, 15) is 4.79 Å². The Morgan fingerprint density at radius 1 is 1.39 bits per heavy atom. The van der Waals surface area contributed by atoms with Crippen molar-refractivity contribution < 1.29 is 9.90 Å². The molecule has 0 amide bonds. The molecule has 18 heavy (non-hydrogen) atoms. The SMILES string of the molecule is CCC1(NCc2cccc(C(=O)O)c2)CCCC1. The van der Waals surface area contributed by atoms with Gasteiger partial charge in [0.05, 0.1) is 5.56 Å². The Morgan fingerprint density at radius 3 is 2.72 bits per heavy atom. The van der Waals surface area contributed by atoms with Gasteiger partial charge in [-0.25, -0.2) is 4.79 Å². The molecule has 1 fully saturated rings. The van der Waals surface area contributed by atoms with Crippen LogP contribution in [0.25, 0.3) is 0 Å². The van der Waals surface area contributed by atoms with Crippen molar-refractivity contribution in [1.29, 1.82) is 0 Å². The summed E-state index contributed by atoms with van der Waals surface area (Å²) in [5.41, 5.74) is 1.69. The van der Waals surface area contributed by atoms with Crippen LogP contribution in [0.4, 0.5) is 0 Å². The normalized spacial score (nSPS) is 17.8. The molecule has 1 aromatic carbocycles. The zero-order chi connectivity index (χ0) is 13.0. The first kappa shape index (κ1) is 13.1. The molecule has 0 spiro atoms. The van der Waals surface area contributed by atoms with Crippen molar-refractivity contribution >= 4 is 5.97 Å². The van der Waals surface area contributed by atoms with E-state index in [1.165, 1.54) is 25.7 Å². The lowest BCUT2D eigenvalue weighted by Crippen LogP contribution is -2.41. The molecule has 0 aliphatic heterocycles. The van der Waals surface area contributed by atoms with Crippen LogP contribution in [0.1, 0.15) is 54.9 Å². The molecule has 1 saturated carbocycles. The molecule has 0 unspecified atom stereocenters. The van der Waals surface area contributed by atoms with Crippen LogP contribution in [0.15, 0.2) is 24.3 Å². The Bertz CT molecular complexity index is 422. The fraction of sp³-hybridized carbons (Fsp3) is 0.533. The van der Waals surface area contributed by atoms with Gasteiger partial charge in [0.2, 0.25) is 0 Å². The first-order valence-electron chi connectivity index (χ1n) is 6.72. The van der Waals surface area contributed by atoms with Crippen LogP contribution < -0.4 is 5.32 Å². The van der Waals surface area contributed by atoms with E-state index in [0.717, 1.165) is 18.5 Å². The van der Waals surface area contributed by atoms with Gasteiger partial charge in [-0.15, -0.1) is 0 Å². The van der Waals surface area contributed by atoms with Gasteiger partial charge in [0.1, 0.15) is 0 Å². The van der Waals surface area contributed by atoms with Gasteiger partial charge in [0.15, 0.2) is 0 Å². The van der Waals surface area contributed by atoms with Crippen molar-refractivity contribution in [2.24, 2.45) is 0 Å². The van der Waals surface area contributed by atoms with Gasteiger partial charge >= 0.3 is 5.97 Å². The topological polar surface area (TPSA) is 49.3 Å². The van der Waals surface area contributed by atoms with Crippen molar-refractivity contribution in [3.8, 4) is 0 Å². The van der Waals surface area contributed by atoms with Gasteiger partial charge in [0.25, 0.3) is 0 Å². The van der Waals surface area contributed by atoms with Crippen molar-refractivity contribution in [3.63, 3.8) is 0 Å². The first-order chi connectivity index (χ1) is 8.65. The Morgan fingerprint density at radius 2 is 2.11 bits per heavy atom. The lowest BCUT2D eigenvalue weighted by molar-refractivity contribution is 0.0696. The maximum Gasteiger partial charge on any atom is 0.335 e. The standard InChI is InChI=1S/C15H21NO2/c1-2-15(8-3-4-9-15)16-11-12-6-5-7-13(10-12)14(17)18/h5-7,10,16H,2-4,8-9,11H2,1H3,(H,17,18). The minimum Gasteiger partial charge on any atom is -0.478 e. The summed E-state index contributed by atoms with van der Waals surface area (Å²) < 4.78 is 0. The second-order valence-electron chi connectivity index (χ2n) is 5.20. The maximum atomic E-state index is 10.9. The predicted octanol–water partition coefficient (Wildman–Crippen LogP) is 3.20. The molecule has 2 rings (SSSR count). The number of aromatic carboxylic acids is 1. The molecule has 3 nitrogen and oxygen atoms in total. The second-order valence-corrected chi connectivity index (χ2v) is 5.20. The van der Waals surface area contributed by atoms with E-state index in [-0.39, 0.29) is 5.54 Å². The quantitative estimate of drug-likeness (QED) is 0.840. The number of nitrogens with one attached hydrogen (secondary N) is 1. The molecule has 1 aromatic rings. The van der Waals surface area contributed by atoms with E-state index in [4.69, 9.17) is 5.11 Å². The van der Waals surface area contributed by atoms with E-state index in [0.29, 0.717) is 5.56 Å². The molecule has 98 valence electrons. The van der Waals surface area contributed by atoms with Crippen molar-refractivity contribution in [2.75, 3.05) is 0 Å². The fourth-order valence-electron chi connectivity index (χ4n) is 2.81. The number of benzene rings is 1. The van der Waals surface area contributed by atoms with Gasteiger partial charge in [-0.05, 0) is 37.0 Å². The van der Waals surface area contributed by atoms with Gasteiger partial charge in [-0.1, -0.05) is 31.9 Å². The van der Waals surface area contributed by atoms with Crippen LogP contribution in [-0.4, -0.2) is 16.6 Å². The highest BCUT2D eigenvalue weighted by Gasteiger charge is 2.30. The average Bonchev–Trinajstić information content (AvgIpc) is 2.86. The van der Waals surface area contributed by atoms with Crippen molar-refractivity contribution in [2.45, 2.75) is 51.1 Å². The fourth-order valence-corrected chi connectivity index (χ4v) is 2.81. The molecule has 2 N–H and O–H groups in total. The molecule has 1 aliphatic carbocycles. The summed E-state index contributed by atoms with van der Waals surface area (Å²) in [6.45, 7) is 2.99. The minimum absolute atomic E-state index is 0.277. The summed E-state index contributed by atoms with van der Waals surface area (Å²) in [7, 11) is 0. The van der Waals surface area contributed by atoms with Gasteiger partial charge < -0.3 is 10.4 Å². The zero-order valence-corrected chi connectivity index (χ0v) is 10.9. The summed E-state index contributed by atoms with van der Waals surface area (Å²) in [6.07, 6.45) is 6.22. The highest BCUT2D eigenvalue weighted by molar-refractivity contribution is 5.87. The highest BCUT2D eigenvalue weighted by atomic mass is 16.4. The summed E-state index contributed by atoms with van der Waals surface area (Å²) in [6, 6.07) is 7.19. The predicted molar refractivity (Wildman–Crippen MR) is 71.7 cm³/mol. The summed E-state index contributed by atoms with van der Waals surface area (Å²) >= 11 is 0. The molecule has 1 aliphatic rings. The summed E-state index contributed by atoms with van der Waals surface area (Å²) in [4.78, 5) is 10.9. The summed E-state index contributed by atoms with van der Waals surface area (Å²) in [5.74, 6) is -0.858. The zero-order valence-electron chi connectivity index (χ0n) is 10.9. The Kier molecular flexibility index (Phi) is 4.02. The molecule has 0 atom stereocenters. The third-order valence-electron chi connectivity index (χ3n) is 4.08. The van der Waals surface area contributed by atoms with Crippen LogP contribution >= 0.6 is 0 Å². The van der Waals surface area contributed by atoms with Gasteiger partial charge in [-0.3, -0.25) is 0 Å². The number of carboxylic acid groups (broad SMARTS) is 1. The largest absolute Gasteiger partial charge is 0.478 e. The number of carboxylic acids is 1. The van der Waals surface area contributed by atoms with E-state index in [1.807, 2.05) is 12.1 Å². The van der Waals surface area contributed by atoms with Crippen molar-refractivity contribution in [1.82, 2.24) is 5.32 Å². The molecule has 0 heterocycles. The molecule has 3 heteroatoms. The van der Waals surface area contributed by atoms with Crippen LogP contribution in [0.3, 0.4) is 0 Å². The molecular weight excluding hydrogens is 226 g/mol. The maximum absolute atomic E-state index is 10.9. The van der Waals surface area contributed by atoms with Crippen LogP contribution in [-0.2, 0) is 6.54 Å². The smallest absolute Gasteiger partial charge is 0.335 e. The van der Waals surface area contributed by atoms with E-state index in [1.54, 1.807) is 12.1 Å². The number of carbonyl (C=O) groups is 1. The number of hydrogen-bond acceptors (Lipinski definition) is 2. The van der Waals surface area contributed by atoms with Gasteiger partial charge in [0, 0.05) is 12.1 Å². The molecule has 0 aromatic heterocycles. The molecule has 0 saturated heterocycles. The second kappa shape index (κ2) is 5.53. The Labute approximate surface area is 108 Å². The summed E-state index contributed by atoms with van der Waals surface area (Å²) in [5, 5.41) is 12.6. The molecule has 0 bridgehead atoms. The molecular formula is C15H21NO2. The molecule has 0 radical (unpaired) electrons. The number of hydrogen-bond donors (Lipinski definition) is 2. The van der Waals surface area contributed by atoms with Crippen molar-refractivity contribution in [3.05, 3.63) is 35.4 Å². The Balaban J connectivity index is 2.01. The third kappa shape index (κ3) is 2.91. The van der Waals surface area contributed by atoms with E-state index >= 15 is 0 Å². The van der Waals surface area contributed by atoms with Crippen LogP contribution in [0.5, 0.6) is 0 Å². The monoisotopic (exact) mass is 247 g/mol. The highest BCUT2D eigenvalue weighted by Crippen LogP contribution is 2.32. The van der Waals surface area contributed by atoms with E-state index in [2.05, 4.69) is 12.2 Å². The van der Waals surface area contributed by atoms with Crippen LogP contribution in [0, 0.1) is 0 Å². The minimum atomic E-state index is -0.858. The third-order valence-corrected chi connectivity index (χ3v) is 4.08. The lowest BCUT2D eigenvalue weighted by atomic mass is 9.94. The number of rotatable bonds is 5. The first-order valence-corrected chi connectivity index (χ1v) is 6.72. The average molecular weight is 247 g/mol. The Hall–Kier alpha value is -1.35.